The van der Waals surface area contributed by atoms with E-state index in [4.69, 9.17) is 24.7 Å². The topological polar surface area (TPSA) is 184 Å². The van der Waals surface area contributed by atoms with E-state index in [1.54, 1.807) is 0 Å². The van der Waals surface area contributed by atoms with Gasteiger partial charge in [-0.1, -0.05) is 30.3 Å². The van der Waals surface area contributed by atoms with Crippen molar-refractivity contribution in [2.45, 2.75) is 68.0 Å². The van der Waals surface area contributed by atoms with E-state index >= 15 is 0 Å². The van der Waals surface area contributed by atoms with E-state index in [9.17, 15) is 30.6 Å². The SMILES string of the molecule is N[C@H]1[C@H](OCc2ccccc2)O[C@H](CO)[C@@H](O[C@H]2O[C@H](CO)[C@@H](O)[C@H](O)[C@H]2O)[C@@H]1O. The highest BCUT2D eigenvalue weighted by Crippen LogP contribution is 2.29. The molecule has 1 aromatic carbocycles. The lowest BCUT2D eigenvalue weighted by Gasteiger charge is -2.46. The van der Waals surface area contributed by atoms with Crippen molar-refractivity contribution >= 4 is 0 Å². The van der Waals surface area contributed by atoms with E-state index in [0.717, 1.165) is 5.56 Å². The van der Waals surface area contributed by atoms with Crippen molar-refractivity contribution in [2.24, 2.45) is 5.73 Å². The molecule has 2 heterocycles. The van der Waals surface area contributed by atoms with Crippen LogP contribution in [-0.4, -0.2) is 105 Å². The van der Waals surface area contributed by atoms with Gasteiger partial charge in [-0.05, 0) is 5.56 Å². The van der Waals surface area contributed by atoms with Gasteiger partial charge in [0.2, 0.25) is 0 Å². The first kappa shape index (κ1) is 23.4. The normalized spacial score (nSPS) is 42.2. The highest BCUT2D eigenvalue weighted by atomic mass is 16.7. The maximum absolute atomic E-state index is 10.6. The Labute approximate surface area is 173 Å². The second-order valence-corrected chi connectivity index (χ2v) is 7.39. The molecule has 3 rings (SSSR count). The Kier molecular flexibility index (Phi) is 8.12. The molecule has 0 aromatic heterocycles. The molecule has 30 heavy (non-hydrogen) atoms. The fourth-order valence-corrected chi connectivity index (χ4v) is 3.49. The number of nitrogens with two attached hydrogens (primary N) is 1. The van der Waals surface area contributed by atoms with Crippen LogP contribution in [0.4, 0.5) is 0 Å². The number of ether oxygens (including phenoxy) is 4. The van der Waals surface area contributed by atoms with Gasteiger partial charge in [-0.3, -0.25) is 0 Å². The molecule has 8 N–H and O–H groups in total. The summed E-state index contributed by atoms with van der Waals surface area (Å²) in [5.74, 6) is 0. The molecule has 0 aliphatic carbocycles. The fraction of sp³-hybridized carbons (Fsp3) is 0.684. The predicted molar refractivity (Wildman–Crippen MR) is 99.6 cm³/mol. The molecule has 0 unspecified atom stereocenters. The Morgan fingerprint density at radius 2 is 1.43 bits per heavy atom. The summed E-state index contributed by atoms with van der Waals surface area (Å²) in [5, 5.41) is 59.5. The standard InChI is InChI=1S/C19H29NO10/c20-12-14(24)17(30-19-16(26)15(25)13(23)10(6-21)28-19)11(7-22)29-18(12)27-8-9-4-2-1-3-5-9/h1-5,10-19,21-26H,6-8,20H2/t10-,11-,12-,13-,14-,15+,16-,17-,18-,19-/m1/s1. The lowest BCUT2D eigenvalue weighted by molar-refractivity contribution is -0.347. The van der Waals surface area contributed by atoms with Gasteiger partial charge in [0, 0.05) is 0 Å². The lowest BCUT2D eigenvalue weighted by Crippen LogP contribution is -2.66. The van der Waals surface area contributed by atoms with E-state index in [1.807, 2.05) is 30.3 Å². The first-order valence-electron chi connectivity index (χ1n) is 9.68. The zero-order chi connectivity index (χ0) is 21.8. The Morgan fingerprint density at radius 1 is 0.800 bits per heavy atom. The van der Waals surface area contributed by atoms with Crippen molar-refractivity contribution in [3.63, 3.8) is 0 Å². The van der Waals surface area contributed by atoms with Crippen LogP contribution in [0.25, 0.3) is 0 Å². The minimum atomic E-state index is -1.67. The van der Waals surface area contributed by atoms with Crippen molar-refractivity contribution in [3.05, 3.63) is 35.9 Å². The molecule has 11 heteroatoms. The summed E-state index contributed by atoms with van der Waals surface area (Å²) in [6.45, 7) is -1.02. The molecule has 170 valence electrons. The van der Waals surface area contributed by atoms with E-state index in [1.165, 1.54) is 0 Å². The van der Waals surface area contributed by atoms with Crippen molar-refractivity contribution in [1.82, 2.24) is 0 Å². The van der Waals surface area contributed by atoms with Crippen LogP contribution in [0.3, 0.4) is 0 Å². The minimum absolute atomic E-state index is 0.169. The van der Waals surface area contributed by atoms with Crippen LogP contribution in [0.1, 0.15) is 5.56 Å². The second kappa shape index (κ2) is 10.4. The molecular formula is C19H29NO10. The van der Waals surface area contributed by atoms with Gasteiger partial charge in [-0.2, -0.15) is 0 Å². The summed E-state index contributed by atoms with van der Waals surface area (Å²) in [6, 6.07) is 8.19. The summed E-state index contributed by atoms with van der Waals surface area (Å²) >= 11 is 0. The maximum atomic E-state index is 10.6. The summed E-state index contributed by atoms with van der Waals surface area (Å²) in [4.78, 5) is 0. The van der Waals surface area contributed by atoms with E-state index in [-0.39, 0.29) is 6.61 Å². The molecule has 10 atom stereocenters. The monoisotopic (exact) mass is 431 g/mol. The van der Waals surface area contributed by atoms with Gasteiger partial charge in [0.15, 0.2) is 12.6 Å². The molecule has 0 bridgehead atoms. The molecule has 0 spiro atoms. The van der Waals surface area contributed by atoms with E-state index in [2.05, 4.69) is 0 Å². The van der Waals surface area contributed by atoms with Crippen molar-refractivity contribution < 1.29 is 49.6 Å². The summed E-state index contributed by atoms with van der Waals surface area (Å²) in [6.07, 6.45) is -12.3. The summed E-state index contributed by atoms with van der Waals surface area (Å²) < 4.78 is 22.2. The molecule has 0 radical (unpaired) electrons. The maximum Gasteiger partial charge on any atom is 0.187 e. The highest BCUT2D eigenvalue weighted by Gasteiger charge is 2.50. The average molecular weight is 431 g/mol. The smallest absolute Gasteiger partial charge is 0.187 e. The van der Waals surface area contributed by atoms with Crippen LogP contribution in [0.5, 0.6) is 0 Å². The van der Waals surface area contributed by atoms with Crippen LogP contribution in [0.15, 0.2) is 30.3 Å². The van der Waals surface area contributed by atoms with Gasteiger partial charge in [-0.25, -0.2) is 0 Å². The number of aliphatic hydroxyl groups is 6. The van der Waals surface area contributed by atoms with Crippen molar-refractivity contribution in [2.75, 3.05) is 13.2 Å². The third-order valence-corrected chi connectivity index (χ3v) is 5.30. The third kappa shape index (κ3) is 4.98. The van der Waals surface area contributed by atoms with Crippen molar-refractivity contribution in [3.8, 4) is 0 Å². The zero-order valence-corrected chi connectivity index (χ0v) is 16.2. The van der Waals surface area contributed by atoms with Gasteiger partial charge in [0.1, 0.15) is 42.7 Å². The summed E-state index contributed by atoms with van der Waals surface area (Å²) in [5.41, 5.74) is 6.91. The van der Waals surface area contributed by atoms with Gasteiger partial charge in [0.25, 0.3) is 0 Å². The first-order chi connectivity index (χ1) is 14.4. The van der Waals surface area contributed by atoms with Gasteiger partial charge in [0.05, 0.1) is 25.9 Å². The van der Waals surface area contributed by atoms with Crippen molar-refractivity contribution in [1.29, 1.82) is 0 Å². The van der Waals surface area contributed by atoms with Gasteiger partial charge >= 0.3 is 0 Å². The lowest BCUT2D eigenvalue weighted by atomic mass is 9.96. The van der Waals surface area contributed by atoms with Crippen LogP contribution in [0, 0.1) is 0 Å². The highest BCUT2D eigenvalue weighted by molar-refractivity contribution is 5.13. The van der Waals surface area contributed by atoms with Crippen LogP contribution >= 0.6 is 0 Å². The van der Waals surface area contributed by atoms with Crippen LogP contribution in [-0.2, 0) is 25.6 Å². The Balaban J connectivity index is 1.66. The summed E-state index contributed by atoms with van der Waals surface area (Å²) in [7, 11) is 0. The first-order valence-corrected chi connectivity index (χ1v) is 9.68. The molecule has 2 aliphatic rings. The Morgan fingerprint density at radius 3 is 2.07 bits per heavy atom. The number of benzene rings is 1. The molecule has 11 nitrogen and oxygen atoms in total. The second-order valence-electron chi connectivity index (χ2n) is 7.39. The largest absolute Gasteiger partial charge is 0.394 e. The minimum Gasteiger partial charge on any atom is -0.394 e. The molecular weight excluding hydrogens is 402 g/mol. The molecule has 1 aromatic rings. The number of hydrogen-bond donors (Lipinski definition) is 7. The van der Waals surface area contributed by atoms with Gasteiger partial charge < -0.3 is 55.3 Å². The number of aliphatic hydroxyl groups excluding tert-OH is 6. The van der Waals surface area contributed by atoms with Gasteiger partial charge in [-0.15, -0.1) is 0 Å². The predicted octanol–water partition coefficient (Wildman–Crippen LogP) is -3.21. The number of rotatable bonds is 7. The van der Waals surface area contributed by atoms with Crippen LogP contribution < -0.4 is 5.73 Å². The molecule has 2 aliphatic heterocycles. The third-order valence-electron chi connectivity index (χ3n) is 5.30. The number of hydrogen-bond acceptors (Lipinski definition) is 11. The van der Waals surface area contributed by atoms with E-state index < -0.39 is 74.6 Å². The molecule has 2 saturated heterocycles. The molecule has 2 fully saturated rings. The zero-order valence-electron chi connectivity index (χ0n) is 16.2. The Bertz CT molecular complexity index is 647. The van der Waals surface area contributed by atoms with E-state index in [0.29, 0.717) is 0 Å². The fourth-order valence-electron chi connectivity index (χ4n) is 3.49. The molecule has 0 saturated carbocycles. The average Bonchev–Trinajstić information content (AvgIpc) is 2.77. The van der Waals surface area contributed by atoms with Crippen LogP contribution in [0.2, 0.25) is 0 Å². The Hall–Kier alpha value is -1.22. The quantitative estimate of drug-likeness (QED) is 0.231. The molecule has 0 amide bonds.